The third kappa shape index (κ3) is 5.38. The van der Waals surface area contributed by atoms with Crippen molar-refractivity contribution in [2.45, 2.75) is 20.1 Å². The molecule has 0 atom stereocenters. The van der Waals surface area contributed by atoms with Crippen LogP contribution in [0.5, 0.6) is 11.5 Å². The van der Waals surface area contributed by atoms with Crippen molar-refractivity contribution >= 4 is 23.3 Å². The van der Waals surface area contributed by atoms with Gasteiger partial charge in [0.25, 0.3) is 0 Å². The van der Waals surface area contributed by atoms with Gasteiger partial charge < -0.3 is 24.3 Å². The van der Waals surface area contributed by atoms with Gasteiger partial charge >= 0.3 is 29.6 Å². The Balaban J connectivity index is 0.00000289. The van der Waals surface area contributed by atoms with Gasteiger partial charge in [0.05, 0.1) is 18.2 Å². The third-order valence-electron chi connectivity index (χ3n) is 5.14. The second-order valence-electron chi connectivity index (χ2n) is 7.35. The zero-order valence-electron chi connectivity index (χ0n) is 17.9. The number of carbonyl (C=O) groups is 1. The summed E-state index contributed by atoms with van der Waals surface area (Å²) in [5, 5.41) is 11.8. The van der Waals surface area contributed by atoms with Crippen LogP contribution in [0.3, 0.4) is 0 Å². The van der Waals surface area contributed by atoms with Gasteiger partial charge in [0, 0.05) is 28.3 Å². The zero-order valence-corrected chi connectivity index (χ0v) is 20.6. The van der Waals surface area contributed by atoms with Gasteiger partial charge in [-0.15, -0.1) is 0 Å². The van der Waals surface area contributed by atoms with Crippen LogP contribution in [0, 0.1) is 12.7 Å². The normalized spacial score (nSPS) is 12.4. The van der Waals surface area contributed by atoms with E-state index in [2.05, 4.69) is 0 Å². The SMILES string of the molecule is Cc1ccc(OCc2ccc(Cl)cc2F)c(CN2CCOc3c(C(=O)[O-])cccc32)c1.[Na+]. The van der Waals surface area contributed by atoms with Gasteiger partial charge in [-0.3, -0.25) is 0 Å². The van der Waals surface area contributed by atoms with Gasteiger partial charge in [-0.25, -0.2) is 4.39 Å². The zero-order chi connectivity index (χ0) is 22.0. The van der Waals surface area contributed by atoms with E-state index in [1.807, 2.05) is 36.1 Å². The summed E-state index contributed by atoms with van der Waals surface area (Å²) in [4.78, 5) is 13.5. The van der Waals surface area contributed by atoms with Gasteiger partial charge in [-0.2, -0.15) is 0 Å². The predicted octanol–water partition coefficient (Wildman–Crippen LogP) is 1.13. The molecule has 0 radical (unpaired) electrons. The van der Waals surface area contributed by atoms with Gasteiger partial charge in [-0.1, -0.05) is 41.4 Å². The molecule has 160 valence electrons. The summed E-state index contributed by atoms with van der Waals surface area (Å²) in [6.07, 6.45) is 0. The maximum absolute atomic E-state index is 14.1. The molecule has 0 aliphatic carbocycles. The maximum Gasteiger partial charge on any atom is 1.00 e. The molecule has 0 aromatic heterocycles. The van der Waals surface area contributed by atoms with Crippen LogP contribution in [0.15, 0.2) is 54.6 Å². The van der Waals surface area contributed by atoms with Crippen molar-refractivity contribution in [3.8, 4) is 11.5 Å². The molecule has 3 aromatic carbocycles. The van der Waals surface area contributed by atoms with Gasteiger partial charge in [0.15, 0.2) is 5.75 Å². The van der Waals surface area contributed by atoms with E-state index in [4.69, 9.17) is 21.1 Å². The average molecular weight is 464 g/mol. The van der Waals surface area contributed by atoms with Crippen LogP contribution in [0.4, 0.5) is 10.1 Å². The van der Waals surface area contributed by atoms with Crippen molar-refractivity contribution in [3.05, 3.63) is 87.7 Å². The number of hydrogen-bond acceptors (Lipinski definition) is 5. The number of carboxylic acids is 1. The first-order valence-electron chi connectivity index (χ1n) is 9.81. The van der Waals surface area contributed by atoms with Crippen molar-refractivity contribution in [2.75, 3.05) is 18.1 Å². The van der Waals surface area contributed by atoms with Gasteiger partial charge in [-0.05, 0) is 37.3 Å². The topological polar surface area (TPSA) is 61.8 Å². The number of aromatic carboxylic acids is 1. The average Bonchev–Trinajstić information content (AvgIpc) is 2.74. The van der Waals surface area contributed by atoms with Crippen molar-refractivity contribution in [1.82, 2.24) is 0 Å². The van der Waals surface area contributed by atoms with Crippen molar-refractivity contribution < 1.29 is 53.3 Å². The van der Waals surface area contributed by atoms with E-state index in [9.17, 15) is 14.3 Å². The Morgan fingerprint density at radius 1 is 1.19 bits per heavy atom. The van der Waals surface area contributed by atoms with E-state index < -0.39 is 11.8 Å². The summed E-state index contributed by atoms with van der Waals surface area (Å²) < 4.78 is 25.7. The molecule has 4 rings (SSSR count). The van der Waals surface area contributed by atoms with E-state index in [0.29, 0.717) is 47.5 Å². The number of aryl methyl sites for hydroxylation is 1. The van der Waals surface area contributed by atoms with Crippen molar-refractivity contribution in [3.63, 3.8) is 0 Å². The molecule has 0 bridgehead atoms. The molecule has 1 aliphatic heterocycles. The number of fused-ring (bicyclic) bond motifs is 1. The standard InChI is InChI=1S/C24H21ClFNO4.Na/c1-15-5-8-22(31-14-16-6-7-18(25)12-20(16)26)17(11-15)13-27-9-10-30-23-19(24(28)29)3-2-4-21(23)27;/h2-8,11-12H,9-10,13-14H2,1H3,(H,28,29);/q;+1/p-1. The van der Waals surface area contributed by atoms with Crippen molar-refractivity contribution in [2.24, 2.45) is 0 Å². The van der Waals surface area contributed by atoms with Gasteiger partial charge in [0.2, 0.25) is 0 Å². The smallest absolute Gasteiger partial charge is 0.545 e. The summed E-state index contributed by atoms with van der Waals surface area (Å²) in [5.74, 6) is -0.752. The summed E-state index contributed by atoms with van der Waals surface area (Å²) in [5.41, 5.74) is 3.08. The molecule has 0 spiro atoms. The maximum atomic E-state index is 14.1. The second-order valence-corrected chi connectivity index (χ2v) is 7.78. The van der Waals surface area contributed by atoms with Crippen LogP contribution in [-0.2, 0) is 13.2 Å². The Bertz CT molecular complexity index is 1140. The first-order chi connectivity index (χ1) is 14.9. The third-order valence-corrected chi connectivity index (χ3v) is 5.37. The summed E-state index contributed by atoms with van der Waals surface area (Å²) in [7, 11) is 0. The Labute approximate surface area is 213 Å². The largest absolute Gasteiger partial charge is 1.00 e. The Morgan fingerprint density at radius 2 is 2.00 bits per heavy atom. The number of carboxylic acid groups (broad SMARTS) is 1. The number of halogens is 2. The molecule has 0 amide bonds. The summed E-state index contributed by atoms with van der Waals surface area (Å²) in [6, 6.07) is 15.2. The van der Waals surface area contributed by atoms with Crippen LogP contribution in [0.25, 0.3) is 0 Å². The second kappa shape index (κ2) is 10.6. The Kier molecular flexibility index (Phi) is 8.06. The van der Waals surface area contributed by atoms with E-state index in [0.717, 1.165) is 11.1 Å². The number of para-hydroxylation sites is 1. The molecule has 0 saturated heterocycles. The molecule has 0 fully saturated rings. The molecule has 0 saturated carbocycles. The minimum absolute atomic E-state index is 0. The molecule has 5 nitrogen and oxygen atoms in total. The fourth-order valence-corrected chi connectivity index (χ4v) is 3.76. The fraction of sp³-hybridized carbons (Fsp3) is 0.208. The molecule has 3 aromatic rings. The van der Waals surface area contributed by atoms with E-state index in [1.165, 1.54) is 12.1 Å². The summed E-state index contributed by atoms with van der Waals surface area (Å²) in [6.45, 7) is 3.46. The minimum atomic E-state index is -1.27. The number of nitrogens with zero attached hydrogens (tertiary/aromatic N) is 1. The van der Waals surface area contributed by atoms with E-state index >= 15 is 0 Å². The molecule has 0 unspecified atom stereocenters. The predicted molar refractivity (Wildman–Crippen MR) is 114 cm³/mol. The number of hydrogen-bond donors (Lipinski definition) is 0. The number of carbonyl (C=O) groups excluding carboxylic acids is 1. The number of rotatable bonds is 6. The van der Waals surface area contributed by atoms with Crippen molar-refractivity contribution in [1.29, 1.82) is 0 Å². The monoisotopic (exact) mass is 463 g/mol. The molecule has 0 N–H and O–H groups in total. The number of anilines is 1. The molecular weight excluding hydrogens is 444 g/mol. The minimum Gasteiger partial charge on any atom is -0.545 e. The molecule has 1 heterocycles. The summed E-state index contributed by atoms with van der Waals surface area (Å²) >= 11 is 5.82. The molecule has 1 aliphatic rings. The van der Waals surface area contributed by atoms with Crippen LogP contribution < -0.4 is 49.0 Å². The van der Waals surface area contributed by atoms with Gasteiger partial charge in [0.1, 0.15) is 24.8 Å². The van der Waals surface area contributed by atoms with Crippen LogP contribution >= 0.6 is 11.6 Å². The first kappa shape index (κ1) is 24.4. The van der Waals surface area contributed by atoms with Crippen LogP contribution in [0.1, 0.15) is 27.0 Å². The molecule has 8 heteroatoms. The Morgan fingerprint density at radius 3 is 2.75 bits per heavy atom. The first-order valence-corrected chi connectivity index (χ1v) is 10.2. The quantitative estimate of drug-likeness (QED) is 0.513. The van der Waals surface area contributed by atoms with Crippen LogP contribution in [-0.4, -0.2) is 19.1 Å². The molecule has 32 heavy (non-hydrogen) atoms. The van der Waals surface area contributed by atoms with E-state index in [1.54, 1.807) is 18.2 Å². The Hall–Kier alpha value is -2.25. The number of ether oxygens (including phenoxy) is 2. The number of benzene rings is 3. The fourth-order valence-electron chi connectivity index (χ4n) is 3.60. The van der Waals surface area contributed by atoms with Crippen LogP contribution in [0.2, 0.25) is 5.02 Å². The van der Waals surface area contributed by atoms with E-state index in [-0.39, 0.29) is 41.7 Å². The molecular formula is C24H20ClFNNaO4.